The van der Waals surface area contributed by atoms with Gasteiger partial charge in [0.25, 0.3) is 5.56 Å². The van der Waals surface area contributed by atoms with E-state index in [0.29, 0.717) is 34.6 Å². The van der Waals surface area contributed by atoms with Crippen LogP contribution in [0.2, 0.25) is 0 Å². The largest absolute Gasteiger partial charge is 0.493 e. The van der Waals surface area contributed by atoms with Crippen LogP contribution < -0.4 is 20.3 Å². The summed E-state index contributed by atoms with van der Waals surface area (Å²) >= 11 is 1.36. The molecule has 1 aliphatic rings. The van der Waals surface area contributed by atoms with Crippen LogP contribution in [0.3, 0.4) is 0 Å². The molecule has 0 bridgehead atoms. The molecule has 0 fully saturated rings. The second kappa shape index (κ2) is 7.41. The van der Waals surface area contributed by atoms with Gasteiger partial charge in [-0.2, -0.15) is 4.98 Å². The highest BCUT2D eigenvalue weighted by Crippen LogP contribution is 2.39. The molecular formula is C18H21N3O4S. The zero-order valence-electron chi connectivity index (χ0n) is 15.2. The summed E-state index contributed by atoms with van der Waals surface area (Å²) in [6.07, 6.45) is 2.02. The number of rotatable bonds is 5. The smallest absolute Gasteiger partial charge is 0.279 e. The number of hydrogen-bond donors (Lipinski definition) is 1. The summed E-state index contributed by atoms with van der Waals surface area (Å²) in [4.78, 5) is 29.1. The third kappa shape index (κ3) is 3.16. The zero-order valence-corrected chi connectivity index (χ0v) is 16.0. The van der Waals surface area contributed by atoms with Gasteiger partial charge >= 0.3 is 0 Å². The fraction of sp³-hybridized carbons (Fsp3) is 0.389. The van der Waals surface area contributed by atoms with Crippen molar-refractivity contribution in [1.82, 2.24) is 9.55 Å². The first-order valence-electron chi connectivity index (χ1n) is 8.25. The molecule has 0 radical (unpaired) electrons. The molecule has 7 nitrogen and oxygen atoms in total. The standard InChI is InChI=1S/C18H21N3O4S/c1-5-25-12-7-6-10(8-13(12)24-3)11-9-14(22)19-16-15(11)17(23)20-18(26-4)21(16)2/h6-8,11H,5,9H2,1-4H3,(H,19,22)/t11-/m1/s1. The van der Waals surface area contributed by atoms with Gasteiger partial charge in [0, 0.05) is 19.4 Å². The van der Waals surface area contributed by atoms with E-state index in [0.717, 1.165) is 5.56 Å². The average molecular weight is 375 g/mol. The van der Waals surface area contributed by atoms with Crippen LogP contribution in [0.5, 0.6) is 11.5 Å². The maximum atomic E-state index is 12.7. The van der Waals surface area contributed by atoms with Crippen molar-refractivity contribution in [3.63, 3.8) is 0 Å². The lowest BCUT2D eigenvalue weighted by Gasteiger charge is -2.27. The predicted molar refractivity (Wildman–Crippen MR) is 101 cm³/mol. The van der Waals surface area contributed by atoms with Gasteiger partial charge in [-0.3, -0.25) is 9.59 Å². The molecule has 26 heavy (non-hydrogen) atoms. The van der Waals surface area contributed by atoms with Gasteiger partial charge < -0.3 is 19.4 Å². The van der Waals surface area contributed by atoms with Crippen LogP contribution in [-0.2, 0) is 11.8 Å². The van der Waals surface area contributed by atoms with E-state index in [1.54, 1.807) is 24.8 Å². The maximum Gasteiger partial charge on any atom is 0.279 e. The topological polar surface area (TPSA) is 82.5 Å². The van der Waals surface area contributed by atoms with E-state index >= 15 is 0 Å². The highest BCUT2D eigenvalue weighted by atomic mass is 32.2. The van der Waals surface area contributed by atoms with E-state index in [1.165, 1.54) is 11.8 Å². The van der Waals surface area contributed by atoms with Gasteiger partial charge in [0.1, 0.15) is 5.82 Å². The Kier molecular flexibility index (Phi) is 5.22. The minimum atomic E-state index is -0.384. The number of nitrogens with one attached hydrogen (secondary N) is 1. The summed E-state index contributed by atoms with van der Waals surface area (Å²) in [6, 6.07) is 5.49. The van der Waals surface area contributed by atoms with Gasteiger partial charge in [0.05, 0.1) is 19.3 Å². The van der Waals surface area contributed by atoms with Gasteiger partial charge in [0.2, 0.25) is 5.91 Å². The molecule has 1 atom stereocenters. The lowest BCUT2D eigenvalue weighted by atomic mass is 9.86. The van der Waals surface area contributed by atoms with Crippen LogP contribution in [0.4, 0.5) is 5.82 Å². The minimum Gasteiger partial charge on any atom is -0.493 e. The first-order valence-corrected chi connectivity index (χ1v) is 9.48. The van der Waals surface area contributed by atoms with Crippen molar-refractivity contribution in [3.8, 4) is 11.5 Å². The highest BCUT2D eigenvalue weighted by molar-refractivity contribution is 7.98. The Balaban J connectivity index is 2.15. The Morgan fingerprint density at radius 3 is 2.77 bits per heavy atom. The van der Waals surface area contributed by atoms with E-state index < -0.39 is 0 Å². The number of methoxy groups -OCH3 is 1. The van der Waals surface area contributed by atoms with Crippen LogP contribution >= 0.6 is 11.8 Å². The Hall–Kier alpha value is -2.48. The zero-order chi connectivity index (χ0) is 18.8. The molecule has 1 aliphatic heterocycles. The van der Waals surface area contributed by atoms with E-state index in [9.17, 15) is 9.59 Å². The summed E-state index contributed by atoms with van der Waals surface area (Å²) in [6.45, 7) is 2.42. The van der Waals surface area contributed by atoms with Crippen LogP contribution in [0.15, 0.2) is 28.2 Å². The second-order valence-electron chi connectivity index (χ2n) is 5.87. The Bertz CT molecular complexity index is 910. The summed E-state index contributed by atoms with van der Waals surface area (Å²) < 4.78 is 12.7. The number of hydrogen-bond acceptors (Lipinski definition) is 6. The van der Waals surface area contributed by atoms with E-state index in [4.69, 9.17) is 9.47 Å². The number of anilines is 1. The van der Waals surface area contributed by atoms with Gasteiger partial charge in [-0.25, -0.2) is 0 Å². The van der Waals surface area contributed by atoms with Crippen molar-refractivity contribution in [3.05, 3.63) is 39.7 Å². The quantitative estimate of drug-likeness (QED) is 0.638. The number of ether oxygens (including phenoxy) is 2. The first-order chi connectivity index (χ1) is 12.5. The molecule has 0 saturated heterocycles. The molecule has 0 saturated carbocycles. The molecule has 0 aliphatic carbocycles. The second-order valence-corrected chi connectivity index (χ2v) is 6.65. The normalized spacial score (nSPS) is 16.0. The summed E-state index contributed by atoms with van der Waals surface area (Å²) in [7, 11) is 3.35. The molecular weight excluding hydrogens is 354 g/mol. The molecule has 138 valence electrons. The Labute approximate surface area is 155 Å². The molecule has 2 aromatic rings. The average Bonchev–Trinajstić information content (AvgIpc) is 2.64. The van der Waals surface area contributed by atoms with Crippen molar-refractivity contribution in [2.75, 3.05) is 25.3 Å². The van der Waals surface area contributed by atoms with Crippen LogP contribution in [0, 0.1) is 0 Å². The number of carbonyl (C=O) groups excluding carboxylic acids is 1. The number of fused-ring (bicyclic) bond motifs is 1. The molecule has 1 amide bonds. The summed E-state index contributed by atoms with van der Waals surface area (Å²) in [5.74, 6) is 1.18. The third-order valence-electron chi connectivity index (χ3n) is 4.37. The van der Waals surface area contributed by atoms with Crippen molar-refractivity contribution in [1.29, 1.82) is 0 Å². The van der Waals surface area contributed by atoms with Crippen molar-refractivity contribution in [2.45, 2.75) is 24.4 Å². The number of benzene rings is 1. The van der Waals surface area contributed by atoms with Gasteiger partial charge in [-0.05, 0) is 30.9 Å². The van der Waals surface area contributed by atoms with Crippen molar-refractivity contribution in [2.24, 2.45) is 7.05 Å². The first kappa shape index (κ1) is 18.3. The molecule has 8 heteroatoms. The molecule has 3 rings (SSSR count). The predicted octanol–water partition coefficient (Wildman–Crippen LogP) is 2.38. The number of aromatic nitrogens is 2. The Morgan fingerprint density at radius 1 is 1.35 bits per heavy atom. The lowest BCUT2D eigenvalue weighted by molar-refractivity contribution is -0.116. The number of carbonyl (C=O) groups is 1. The van der Waals surface area contributed by atoms with Crippen LogP contribution in [0.25, 0.3) is 0 Å². The van der Waals surface area contributed by atoms with Crippen LogP contribution in [0.1, 0.15) is 30.4 Å². The number of thioether (sulfide) groups is 1. The number of amides is 1. The van der Waals surface area contributed by atoms with Crippen LogP contribution in [-0.4, -0.2) is 35.4 Å². The van der Waals surface area contributed by atoms with E-state index in [-0.39, 0.29) is 23.8 Å². The Morgan fingerprint density at radius 2 is 2.12 bits per heavy atom. The van der Waals surface area contributed by atoms with Gasteiger partial charge in [0.15, 0.2) is 16.7 Å². The summed E-state index contributed by atoms with van der Waals surface area (Å²) in [5, 5.41) is 3.37. The van der Waals surface area contributed by atoms with E-state index in [1.807, 2.05) is 25.3 Å². The molecule has 2 heterocycles. The molecule has 1 aromatic heterocycles. The molecule has 1 aromatic carbocycles. The molecule has 0 unspecified atom stereocenters. The minimum absolute atomic E-state index is 0.136. The van der Waals surface area contributed by atoms with Gasteiger partial charge in [-0.15, -0.1) is 0 Å². The monoisotopic (exact) mass is 375 g/mol. The van der Waals surface area contributed by atoms with Crippen molar-refractivity contribution >= 4 is 23.5 Å². The summed E-state index contributed by atoms with van der Waals surface area (Å²) in [5.41, 5.74) is 0.994. The number of nitrogens with zero attached hydrogens (tertiary/aromatic N) is 2. The fourth-order valence-corrected chi connectivity index (χ4v) is 3.72. The lowest BCUT2D eigenvalue weighted by Crippen LogP contribution is -2.33. The molecule has 1 N–H and O–H groups in total. The third-order valence-corrected chi connectivity index (χ3v) is 5.10. The van der Waals surface area contributed by atoms with Crippen molar-refractivity contribution < 1.29 is 14.3 Å². The van der Waals surface area contributed by atoms with E-state index in [2.05, 4.69) is 10.3 Å². The SMILES string of the molecule is CCOc1ccc([C@H]2CC(=O)Nc3c2c(=O)nc(SC)n3C)cc1OC. The van der Waals surface area contributed by atoms with Gasteiger partial charge in [-0.1, -0.05) is 17.8 Å². The highest BCUT2D eigenvalue weighted by Gasteiger charge is 2.32. The fourth-order valence-electron chi connectivity index (χ4n) is 3.18. The maximum absolute atomic E-state index is 12.7. The molecule has 0 spiro atoms.